The van der Waals surface area contributed by atoms with Crippen LogP contribution in [0, 0.1) is 10.1 Å². The maximum Gasteiger partial charge on any atom is 0.278 e. The molecular formula is C17H20N4O4S. The first kappa shape index (κ1) is 17.2. The molecule has 2 heterocycles. The van der Waals surface area contributed by atoms with Gasteiger partial charge in [-0.15, -0.1) is 0 Å². The molecular weight excluding hydrogens is 356 g/mol. The van der Waals surface area contributed by atoms with Gasteiger partial charge in [0.2, 0.25) is 10.0 Å². The second kappa shape index (κ2) is 6.48. The Labute approximate surface area is 151 Å². The van der Waals surface area contributed by atoms with E-state index in [1.54, 1.807) is 22.6 Å². The molecule has 0 bridgehead atoms. The van der Waals surface area contributed by atoms with E-state index < -0.39 is 14.9 Å². The minimum Gasteiger partial charge on any atom is -0.382 e. The van der Waals surface area contributed by atoms with Crippen LogP contribution in [-0.2, 0) is 10.0 Å². The number of anilines is 1. The van der Waals surface area contributed by atoms with Crippen molar-refractivity contribution in [3.8, 4) is 0 Å². The number of fused-ring (bicyclic) bond motifs is 1. The van der Waals surface area contributed by atoms with Crippen molar-refractivity contribution in [1.29, 1.82) is 0 Å². The number of piperidine rings is 1. The molecule has 2 aliphatic rings. The van der Waals surface area contributed by atoms with Crippen LogP contribution in [0.3, 0.4) is 0 Å². The minimum atomic E-state index is -3.11. The third-order valence-electron chi connectivity index (χ3n) is 5.11. The zero-order valence-corrected chi connectivity index (χ0v) is 15.0. The number of nitrogens with one attached hydrogen (secondary N) is 1. The fraction of sp³-hybridized carbons (Fsp3) is 0.471. The van der Waals surface area contributed by atoms with Gasteiger partial charge >= 0.3 is 0 Å². The van der Waals surface area contributed by atoms with E-state index in [9.17, 15) is 18.5 Å². The van der Waals surface area contributed by atoms with E-state index >= 15 is 0 Å². The molecule has 8 nitrogen and oxygen atoms in total. The van der Waals surface area contributed by atoms with E-state index in [1.807, 2.05) is 0 Å². The summed E-state index contributed by atoms with van der Waals surface area (Å²) < 4.78 is 26.3. The summed E-state index contributed by atoms with van der Waals surface area (Å²) in [5.41, 5.74) is 0.848. The number of non-ortho nitro benzene ring substituents is 1. The van der Waals surface area contributed by atoms with E-state index in [-0.39, 0.29) is 17.0 Å². The van der Waals surface area contributed by atoms with Crippen LogP contribution >= 0.6 is 0 Å². The molecule has 1 aliphatic carbocycles. The SMILES string of the molecule is O=[N+]([O-])c1ccc(NC2CCN(S(=O)(=O)C3CC3)CC2)c2ccncc12. The van der Waals surface area contributed by atoms with Crippen molar-refractivity contribution in [2.45, 2.75) is 37.0 Å². The molecule has 1 aliphatic heterocycles. The summed E-state index contributed by atoms with van der Waals surface area (Å²) in [7, 11) is -3.11. The Morgan fingerprint density at radius 2 is 1.85 bits per heavy atom. The van der Waals surface area contributed by atoms with Crippen LogP contribution in [0.1, 0.15) is 25.7 Å². The maximum absolute atomic E-state index is 12.3. The van der Waals surface area contributed by atoms with E-state index in [1.165, 1.54) is 12.3 Å². The molecule has 26 heavy (non-hydrogen) atoms. The number of rotatable bonds is 5. The highest BCUT2D eigenvalue weighted by molar-refractivity contribution is 7.90. The van der Waals surface area contributed by atoms with Crippen LogP contribution in [0.4, 0.5) is 11.4 Å². The molecule has 2 aromatic rings. The van der Waals surface area contributed by atoms with Gasteiger partial charge in [0.15, 0.2) is 0 Å². The number of benzene rings is 1. The molecule has 0 unspecified atom stereocenters. The number of aromatic nitrogens is 1. The largest absolute Gasteiger partial charge is 0.382 e. The van der Waals surface area contributed by atoms with Gasteiger partial charge in [-0.05, 0) is 37.8 Å². The van der Waals surface area contributed by atoms with E-state index in [2.05, 4.69) is 10.3 Å². The van der Waals surface area contributed by atoms with E-state index in [0.717, 1.165) is 36.8 Å². The lowest BCUT2D eigenvalue weighted by atomic mass is 10.0. The number of hydrogen-bond acceptors (Lipinski definition) is 6. The average Bonchev–Trinajstić information content (AvgIpc) is 3.48. The van der Waals surface area contributed by atoms with Crippen molar-refractivity contribution >= 4 is 32.2 Å². The predicted molar refractivity (Wildman–Crippen MR) is 98.6 cm³/mol. The molecule has 2 fully saturated rings. The number of pyridine rings is 1. The highest BCUT2D eigenvalue weighted by Gasteiger charge is 2.41. The van der Waals surface area contributed by atoms with Crippen molar-refractivity contribution in [3.63, 3.8) is 0 Å². The summed E-state index contributed by atoms with van der Waals surface area (Å²) in [6, 6.07) is 5.10. The molecule has 1 N–H and O–H groups in total. The topological polar surface area (TPSA) is 105 Å². The van der Waals surface area contributed by atoms with Gasteiger partial charge in [0, 0.05) is 48.7 Å². The van der Waals surface area contributed by atoms with Crippen LogP contribution in [0.15, 0.2) is 30.6 Å². The van der Waals surface area contributed by atoms with Crippen molar-refractivity contribution in [2.75, 3.05) is 18.4 Å². The molecule has 9 heteroatoms. The smallest absolute Gasteiger partial charge is 0.278 e. The van der Waals surface area contributed by atoms with Gasteiger partial charge in [0.05, 0.1) is 15.6 Å². The van der Waals surface area contributed by atoms with Gasteiger partial charge in [-0.1, -0.05) is 0 Å². The van der Waals surface area contributed by atoms with Gasteiger partial charge in [-0.25, -0.2) is 12.7 Å². The number of hydrogen-bond donors (Lipinski definition) is 1. The molecule has 1 saturated heterocycles. The third kappa shape index (κ3) is 3.12. The Bertz CT molecular complexity index is 950. The van der Waals surface area contributed by atoms with Gasteiger partial charge in [0.25, 0.3) is 5.69 Å². The lowest BCUT2D eigenvalue weighted by molar-refractivity contribution is -0.383. The van der Waals surface area contributed by atoms with Gasteiger partial charge in [-0.3, -0.25) is 15.1 Å². The summed E-state index contributed by atoms with van der Waals surface area (Å²) >= 11 is 0. The summed E-state index contributed by atoms with van der Waals surface area (Å²) in [4.78, 5) is 14.8. The van der Waals surface area contributed by atoms with Crippen molar-refractivity contribution in [3.05, 3.63) is 40.7 Å². The van der Waals surface area contributed by atoms with Crippen LogP contribution in [0.25, 0.3) is 10.8 Å². The van der Waals surface area contributed by atoms with E-state index in [4.69, 9.17) is 0 Å². The second-order valence-corrected chi connectivity index (χ2v) is 9.09. The third-order valence-corrected chi connectivity index (χ3v) is 7.51. The van der Waals surface area contributed by atoms with Crippen LogP contribution in [0.2, 0.25) is 0 Å². The van der Waals surface area contributed by atoms with Gasteiger partial charge < -0.3 is 5.32 Å². The van der Waals surface area contributed by atoms with Crippen LogP contribution < -0.4 is 5.32 Å². The monoisotopic (exact) mass is 376 g/mol. The summed E-state index contributed by atoms with van der Waals surface area (Å²) in [5, 5.41) is 15.7. The Kier molecular flexibility index (Phi) is 4.28. The van der Waals surface area contributed by atoms with E-state index in [0.29, 0.717) is 18.5 Å². The summed E-state index contributed by atoms with van der Waals surface area (Å²) in [5.74, 6) is 0. The lowest BCUT2D eigenvalue weighted by Crippen LogP contribution is -2.43. The van der Waals surface area contributed by atoms with Crippen molar-refractivity contribution in [1.82, 2.24) is 9.29 Å². The predicted octanol–water partition coefficient (Wildman–Crippen LogP) is 2.51. The maximum atomic E-state index is 12.3. The highest BCUT2D eigenvalue weighted by atomic mass is 32.2. The minimum absolute atomic E-state index is 0.0315. The van der Waals surface area contributed by atoms with Crippen molar-refractivity contribution in [2.24, 2.45) is 0 Å². The first-order valence-corrected chi connectivity index (χ1v) is 10.2. The lowest BCUT2D eigenvalue weighted by Gasteiger charge is -2.32. The molecule has 1 aromatic heterocycles. The summed E-state index contributed by atoms with van der Waals surface area (Å²) in [6.45, 7) is 1.03. The summed E-state index contributed by atoms with van der Waals surface area (Å²) in [6.07, 6.45) is 6.11. The first-order valence-electron chi connectivity index (χ1n) is 8.73. The highest BCUT2D eigenvalue weighted by Crippen LogP contribution is 2.34. The molecule has 4 rings (SSSR count). The zero-order valence-electron chi connectivity index (χ0n) is 14.2. The molecule has 138 valence electrons. The standard InChI is InChI=1S/C17H20N4O4S/c22-21(23)17-4-3-16(14-5-8-18-11-15(14)17)19-12-6-9-20(10-7-12)26(24,25)13-1-2-13/h3-5,8,11-13,19H,1-2,6-7,9-10H2. The first-order chi connectivity index (χ1) is 12.5. The molecule has 0 amide bonds. The number of nitrogens with zero attached hydrogens (tertiary/aromatic N) is 3. The fourth-order valence-electron chi connectivity index (χ4n) is 3.51. The number of nitro benzene ring substituents is 1. The molecule has 0 atom stereocenters. The Morgan fingerprint density at radius 3 is 2.50 bits per heavy atom. The molecule has 1 saturated carbocycles. The Balaban J connectivity index is 1.50. The average molecular weight is 376 g/mol. The molecule has 0 radical (unpaired) electrons. The van der Waals surface area contributed by atoms with Crippen molar-refractivity contribution < 1.29 is 13.3 Å². The quantitative estimate of drug-likeness (QED) is 0.635. The molecule has 0 spiro atoms. The normalized spacial score (nSPS) is 19.5. The zero-order chi connectivity index (χ0) is 18.3. The van der Waals surface area contributed by atoms with Gasteiger partial charge in [-0.2, -0.15) is 0 Å². The Hall–Kier alpha value is -2.26. The fourth-order valence-corrected chi connectivity index (χ4v) is 5.38. The van der Waals surface area contributed by atoms with Crippen LogP contribution in [-0.4, -0.2) is 47.0 Å². The number of sulfonamides is 1. The van der Waals surface area contributed by atoms with Crippen LogP contribution in [0.5, 0.6) is 0 Å². The number of nitro groups is 1. The Morgan fingerprint density at radius 1 is 1.12 bits per heavy atom. The van der Waals surface area contributed by atoms with Gasteiger partial charge in [0.1, 0.15) is 0 Å². The molecule has 1 aromatic carbocycles. The second-order valence-electron chi connectivity index (χ2n) is 6.87.